The predicted molar refractivity (Wildman–Crippen MR) is 105 cm³/mol. The lowest BCUT2D eigenvalue weighted by atomic mass is 9.76. The molecule has 0 aliphatic carbocycles. The number of aromatic nitrogens is 3. The highest BCUT2D eigenvalue weighted by molar-refractivity contribution is 6.65. The summed E-state index contributed by atoms with van der Waals surface area (Å²) in [5, 5.41) is 5.06. The Bertz CT molecular complexity index is 1030. The van der Waals surface area contributed by atoms with Crippen LogP contribution in [-0.4, -0.2) is 39.0 Å². The number of aryl methyl sites for hydroxylation is 1. The number of rotatable bonds is 3. The molecule has 2 aromatic heterocycles. The summed E-state index contributed by atoms with van der Waals surface area (Å²) in [4.78, 5) is 15.2. The number of H-pyrrole nitrogens is 1. The van der Waals surface area contributed by atoms with E-state index in [4.69, 9.17) is 15.0 Å². The summed E-state index contributed by atoms with van der Waals surface area (Å²) >= 11 is 0. The average Bonchev–Trinajstić information content (AvgIpc) is 3.22. The maximum Gasteiger partial charge on any atom is 0.495 e. The summed E-state index contributed by atoms with van der Waals surface area (Å²) in [6, 6.07) is 5.55. The number of hydrogen-bond donors (Lipinski definition) is 2. The summed E-state index contributed by atoms with van der Waals surface area (Å²) in [5.41, 5.74) is 8.42. The highest BCUT2D eigenvalue weighted by atomic mass is 16.7. The number of primary amides is 1. The van der Waals surface area contributed by atoms with Crippen LogP contribution >= 0.6 is 0 Å². The lowest BCUT2D eigenvalue weighted by Gasteiger charge is -2.32. The maximum absolute atomic E-state index is 11.9. The Kier molecular flexibility index (Phi) is 3.77. The summed E-state index contributed by atoms with van der Waals surface area (Å²) in [6.45, 7) is 8.06. The molecule has 8 heteroatoms. The molecule has 4 rings (SSSR count). The molecule has 0 saturated carbocycles. The predicted octanol–water partition coefficient (Wildman–Crippen LogP) is 1.97. The van der Waals surface area contributed by atoms with Gasteiger partial charge in [0, 0.05) is 29.9 Å². The Morgan fingerprint density at radius 3 is 2.44 bits per heavy atom. The molecule has 1 saturated heterocycles. The lowest BCUT2D eigenvalue weighted by Crippen LogP contribution is -2.41. The first-order valence-corrected chi connectivity index (χ1v) is 8.89. The number of amides is 1. The normalized spacial score (nSPS) is 18.3. The summed E-state index contributed by atoms with van der Waals surface area (Å²) in [6.07, 6.45) is 3.67. The zero-order valence-corrected chi connectivity index (χ0v) is 16.2. The van der Waals surface area contributed by atoms with E-state index < -0.39 is 24.2 Å². The number of nitrogens with zero attached hydrogens (tertiary/aromatic N) is 2. The minimum atomic E-state index is -0.531. The van der Waals surface area contributed by atoms with Crippen LogP contribution in [0.1, 0.15) is 38.1 Å². The van der Waals surface area contributed by atoms with Gasteiger partial charge < -0.3 is 20.0 Å². The van der Waals surface area contributed by atoms with Gasteiger partial charge in [-0.3, -0.25) is 9.48 Å². The number of hydrogen-bond acceptors (Lipinski definition) is 4. The fourth-order valence-electron chi connectivity index (χ4n) is 3.34. The van der Waals surface area contributed by atoms with Crippen molar-refractivity contribution < 1.29 is 14.1 Å². The number of nitrogens with two attached hydrogens (primary N) is 1. The van der Waals surface area contributed by atoms with E-state index in [1.54, 1.807) is 16.9 Å². The summed E-state index contributed by atoms with van der Waals surface area (Å²) in [5.74, 6) is -0.486. The molecule has 0 bridgehead atoms. The molecule has 0 atom stereocenters. The van der Waals surface area contributed by atoms with Crippen LogP contribution in [0, 0.1) is 0 Å². The van der Waals surface area contributed by atoms with Crippen LogP contribution in [0.15, 0.2) is 30.6 Å². The van der Waals surface area contributed by atoms with Gasteiger partial charge in [-0.1, -0.05) is 6.07 Å². The van der Waals surface area contributed by atoms with Gasteiger partial charge in [-0.05, 0) is 45.3 Å². The van der Waals surface area contributed by atoms with E-state index in [1.165, 1.54) is 0 Å². The number of nitrogens with one attached hydrogen (secondary N) is 1. The molecule has 0 spiro atoms. The van der Waals surface area contributed by atoms with Gasteiger partial charge in [0.25, 0.3) is 5.91 Å². The number of benzene rings is 1. The molecule has 140 valence electrons. The van der Waals surface area contributed by atoms with Gasteiger partial charge in [-0.15, -0.1) is 0 Å². The first-order valence-electron chi connectivity index (χ1n) is 8.89. The Morgan fingerprint density at radius 2 is 1.89 bits per heavy atom. The van der Waals surface area contributed by atoms with E-state index >= 15 is 0 Å². The Labute approximate surface area is 158 Å². The summed E-state index contributed by atoms with van der Waals surface area (Å²) < 4.78 is 14.1. The molecule has 0 radical (unpaired) electrons. The van der Waals surface area contributed by atoms with Crippen molar-refractivity contribution in [2.24, 2.45) is 12.8 Å². The van der Waals surface area contributed by atoms with Gasteiger partial charge in [0.1, 0.15) is 0 Å². The van der Waals surface area contributed by atoms with Crippen LogP contribution in [-0.2, 0) is 16.4 Å². The van der Waals surface area contributed by atoms with Crippen LogP contribution in [0.5, 0.6) is 0 Å². The van der Waals surface area contributed by atoms with Crippen molar-refractivity contribution in [1.82, 2.24) is 14.8 Å². The molecular formula is C19H23BN4O3. The average molecular weight is 366 g/mol. The van der Waals surface area contributed by atoms with E-state index in [1.807, 2.05) is 53.1 Å². The minimum absolute atomic E-state index is 0.431. The second kappa shape index (κ2) is 5.71. The van der Waals surface area contributed by atoms with Crippen molar-refractivity contribution in [3.63, 3.8) is 0 Å². The standard InChI is InChI=1S/C19H23BN4O3/c1-18(2)19(3,4)27-20(26-18)14-7-6-12(17(21)25)16-13(14)8-15(23-16)11-9-22-24(5)10-11/h6-10,23H,1-5H3,(H2,21,25). The van der Waals surface area contributed by atoms with Crippen LogP contribution in [0.3, 0.4) is 0 Å². The first-order chi connectivity index (χ1) is 12.6. The number of aromatic amines is 1. The van der Waals surface area contributed by atoms with E-state index in [-0.39, 0.29) is 0 Å². The second-order valence-corrected chi connectivity index (χ2v) is 8.03. The van der Waals surface area contributed by atoms with E-state index in [9.17, 15) is 4.79 Å². The molecule has 3 aromatic rings. The van der Waals surface area contributed by atoms with Crippen molar-refractivity contribution in [1.29, 1.82) is 0 Å². The lowest BCUT2D eigenvalue weighted by molar-refractivity contribution is 0.00578. The molecule has 27 heavy (non-hydrogen) atoms. The minimum Gasteiger partial charge on any atom is -0.399 e. The second-order valence-electron chi connectivity index (χ2n) is 8.03. The largest absolute Gasteiger partial charge is 0.495 e. The summed E-state index contributed by atoms with van der Waals surface area (Å²) in [7, 11) is 1.33. The van der Waals surface area contributed by atoms with Crippen molar-refractivity contribution in [2.75, 3.05) is 0 Å². The zero-order chi connectivity index (χ0) is 19.6. The van der Waals surface area contributed by atoms with Crippen LogP contribution in [0.2, 0.25) is 0 Å². The van der Waals surface area contributed by atoms with Crippen molar-refractivity contribution in [3.8, 4) is 11.3 Å². The maximum atomic E-state index is 11.9. The Morgan fingerprint density at radius 1 is 1.22 bits per heavy atom. The van der Waals surface area contributed by atoms with Crippen molar-refractivity contribution >= 4 is 29.4 Å². The van der Waals surface area contributed by atoms with E-state index in [0.29, 0.717) is 11.1 Å². The fourth-order valence-corrected chi connectivity index (χ4v) is 3.34. The van der Waals surface area contributed by atoms with Crippen LogP contribution in [0.4, 0.5) is 0 Å². The molecule has 3 N–H and O–H groups in total. The third-order valence-electron chi connectivity index (χ3n) is 5.62. The molecule has 1 aromatic carbocycles. The third kappa shape index (κ3) is 2.76. The number of carbonyl (C=O) groups excluding carboxylic acids is 1. The molecule has 0 unspecified atom stereocenters. The molecular weight excluding hydrogens is 343 g/mol. The van der Waals surface area contributed by atoms with Gasteiger partial charge in [0.2, 0.25) is 0 Å². The van der Waals surface area contributed by atoms with Crippen molar-refractivity contribution in [2.45, 2.75) is 38.9 Å². The number of fused-ring (bicyclic) bond motifs is 1. The monoisotopic (exact) mass is 366 g/mol. The fraction of sp³-hybridized carbons (Fsp3) is 0.368. The smallest absolute Gasteiger partial charge is 0.399 e. The van der Waals surface area contributed by atoms with Gasteiger partial charge in [0.05, 0.1) is 28.5 Å². The Balaban J connectivity index is 1.88. The molecule has 1 aliphatic heterocycles. The molecule has 3 heterocycles. The number of carbonyl (C=O) groups is 1. The van der Waals surface area contributed by atoms with Gasteiger partial charge in [-0.2, -0.15) is 5.10 Å². The zero-order valence-electron chi connectivity index (χ0n) is 16.2. The highest BCUT2D eigenvalue weighted by Crippen LogP contribution is 2.37. The molecule has 1 fully saturated rings. The van der Waals surface area contributed by atoms with Crippen LogP contribution in [0.25, 0.3) is 22.2 Å². The van der Waals surface area contributed by atoms with E-state index in [0.717, 1.165) is 22.1 Å². The first kappa shape index (κ1) is 17.8. The SMILES string of the molecule is Cn1cc(-c2cc3c(B4OC(C)(C)C(C)(C)O4)ccc(C(N)=O)c3[nH]2)cn1. The Hall–Kier alpha value is -2.58. The third-order valence-corrected chi connectivity index (χ3v) is 5.62. The van der Waals surface area contributed by atoms with Crippen molar-refractivity contribution in [3.05, 3.63) is 36.2 Å². The van der Waals surface area contributed by atoms with Gasteiger partial charge in [-0.25, -0.2) is 0 Å². The molecule has 1 amide bonds. The van der Waals surface area contributed by atoms with Gasteiger partial charge >= 0.3 is 7.12 Å². The highest BCUT2D eigenvalue weighted by Gasteiger charge is 2.52. The molecule has 1 aliphatic rings. The quantitative estimate of drug-likeness (QED) is 0.693. The van der Waals surface area contributed by atoms with E-state index in [2.05, 4.69) is 10.1 Å². The molecule has 7 nitrogen and oxygen atoms in total. The van der Waals surface area contributed by atoms with Gasteiger partial charge in [0.15, 0.2) is 0 Å². The van der Waals surface area contributed by atoms with Crippen LogP contribution < -0.4 is 11.2 Å². The topological polar surface area (TPSA) is 95.2 Å².